The van der Waals surface area contributed by atoms with Crippen LogP contribution in [0.15, 0.2) is 29.6 Å². The van der Waals surface area contributed by atoms with Gasteiger partial charge < -0.3 is 19.5 Å². The molecule has 1 aromatic carbocycles. The fourth-order valence-corrected chi connectivity index (χ4v) is 3.88. The molecule has 1 aliphatic rings. The van der Waals surface area contributed by atoms with Crippen molar-refractivity contribution in [2.75, 3.05) is 20.8 Å². The number of ether oxygens (including phenoxy) is 2. The minimum Gasteiger partial charge on any atom is -0.493 e. The molecule has 1 aliphatic heterocycles. The lowest BCUT2D eigenvalue weighted by Gasteiger charge is -2.37. The van der Waals surface area contributed by atoms with E-state index < -0.39 is 12.0 Å². The van der Waals surface area contributed by atoms with Crippen LogP contribution in [0.4, 0.5) is 0 Å². The Kier molecular flexibility index (Phi) is 4.94. The molecule has 3 rings (SSSR count). The Morgan fingerprint density at radius 1 is 1.28 bits per heavy atom. The molecule has 1 amide bonds. The number of carboxylic acid groups (broad SMARTS) is 1. The molecule has 0 saturated heterocycles. The summed E-state index contributed by atoms with van der Waals surface area (Å²) in [7, 11) is 3.10. The van der Waals surface area contributed by atoms with Crippen molar-refractivity contribution in [2.24, 2.45) is 0 Å². The normalized spacial score (nSPS) is 16.2. The van der Waals surface area contributed by atoms with Gasteiger partial charge in [-0.15, -0.1) is 11.3 Å². The minimum absolute atomic E-state index is 0.137. The van der Waals surface area contributed by atoms with E-state index in [0.29, 0.717) is 29.3 Å². The number of carboxylic acids is 1. The van der Waals surface area contributed by atoms with Gasteiger partial charge in [-0.1, -0.05) is 6.07 Å². The number of carbonyl (C=O) groups excluding carboxylic acids is 1. The van der Waals surface area contributed by atoms with Gasteiger partial charge >= 0.3 is 5.97 Å². The smallest absolute Gasteiger partial charge is 0.305 e. The zero-order valence-electron chi connectivity index (χ0n) is 14.0. The van der Waals surface area contributed by atoms with Crippen LogP contribution >= 0.6 is 11.3 Å². The largest absolute Gasteiger partial charge is 0.493 e. The predicted molar refractivity (Wildman–Crippen MR) is 93.6 cm³/mol. The second kappa shape index (κ2) is 7.14. The number of fused-ring (bicyclic) bond motifs is 1. The lowest BCUT2D eigenvalue weighted by Crippen LogP contribution is -2.40. The van der Waals surface area contributed by atoms with Crippen molar-refractivity contribution in [2.45, 2.75) is 18.9 Å². The van der Waals surface area contributed by atoms with Crippen molar-refractivity contribution in [3.05, 3.63) is 45.6 Å². The number of hydrogen-bond acceptors (Lipinski definition) is 5. The van der Waals surface area contributed by atoms with Gasteiger partial charge in [0.15, 0.2) is 11.5 Å². The van der Waals surface area contributed by atoms with Gasteiger partial charge in [0, 0.05) is 6.54 Å². The molecule has 0 bridgehead atoms. The van der Waals surface area contributed by atoms with Gasteiger partial charge in [0.05, 0.1) is 31.6 Å². The summed E-state index contributed by atoms with van der Waals surface area (Å²) in [5.74, 6) is 0.0497. The molecule has 2 aromatic rings. The van der Waals surface area contributed by atoms with Gasteiger partial charge in [-0.2, -0.15) is 0 Å². The van der Waals surface area contributed by atoms with Gasteiger partial charge in [-0.05, 0) is 41.1 Å². The molecule has 25 heavy (non-hydrogen) atoms. The third-order valence-electron chi connectivity index (χ3n) is 4.36. The van der Waals surface area contributed by atoms with Crippen LogP contribution in [0.3, 0.4) is 0 Å². The van der Waals surface area contributed by atoms with Crippen LogP contribution in [0.25, 0.3) is 0 Å². The number of methoxy groups -OCH3 is 2. The number of hydrogen-bond donors (Lipinski definition) is 1. The first-order valence-corrected chi connectivity index (χ1v) is 8.74. The van der Waals surface area contributed by atoms with E-state index in [2.05, 4.69) is 0 Å². The van der Waals surface area contributed by atoms with E-state index in [0.717, 1.165) is 11.1 Å². The molecule has 0 saturated carbocycles. The number of thiophene rings is 1. The number of amides is 1. The minimum atomic E-state index is -0.948. The van der Waals surface area contributed by atoms with E-state index in [1.807, 2.05) is 17.5 Å². The number of carbonyl (C=O) groups is 2. The van der Waals surface area contributed by atoms with Gasteiger partial charge in [-0.3, -0.25) is 9.59 Å². The van der Waals surface area contributed by atoms with Crippen LogP contribution in [-0.2, 0) is 11.2 Å². The first-order valence-electron chi connectivity index (χ1n) is 7.86. The van der Waals surface area contributed by atoms with E-state index in [4.69, 9.17) is 9.47 Å². The maximum absolute atomic E-state index is 12.8. The SMILES string of the molecule is COc1cc2c(cc1OC)C(CC(=O)O)N(C(=O)c1cccs1)CC2. The Morgan fingerprint density at radius 3 is 2.60 bits per heavy atom. The molecule has 1 aromatic heterocycles. The summed E-state index contributed by atoms with van der Waals surface area (Å²) in [6, 6.07) is 6.70. The molecule has 0 aliphatic carbocycles. The first-order chi connectivity index (χ1) is 12.0. The maximum Gasteiger partial charge on any atom is 0.305 e. The molecule has 0 spiro atoms. The fraction of sp³-hybridized carbons (Fsp3) is 0.333. The van der Waals surface area contributed by atoms with E-state index in [-0.39, 0.29) is 12.3 Å². The second-order valence-electron chi connectivity index (χ2n) is 5.75. The molecule has 7 heteroatoms. The zero-order valence-corrected chi connectivity index (χ0v) is 14.8. The molecular formula is C18H19NO5S. The van der Waals surface area contributed by atoms with Gasteiger partial charge in [0.25, 0.3) is 5.91 Å². The summed E-state index contributed by atoms with van der Waals surface area (Å²) in [5.41, 5.74) is 1.79. The van der Waals surface area contributed by atoms with E-state index in [9.17, 15) is 14.7 Å². The molecule has 1 atom stereocenters. The molecule has 132 valence electrons. The average molecular weight is 361 g/mol. The molecule has 0 radical (unpaired) electrons. The van der Waals surface area contributed by atoms with Gasteiger partial charge in [-0.25, -0.2) is 0 Å². The monoisotopic (exact) mass is 361 g/mol. The van der Waals surface area contributed by atoms with E-state index >= 15 is 0 Å². The lowest BCUT2D eigenvalue weighted by atomic mass is 9.90. The number of nitrogens with zero attached hydrogens (tertiary/aromatic N) is 1. The summed E-state index contributed by atoms with van der Waals surface area (Å²) >= 11 is 1.36. The predicted octanol–water partition coefficient (Wildman–Crippen LogP) is 2.98. The van der Waals surface area contributed by atoms with Crippen LogP contribution < -0.4 is 9.47 Å². The van der Waals surface area contributed by atoms with Crippen LogP contribution in [-0.4, -0.2) is 42.6 Å². The highest BCUT2D eigenvalue weighted by molar-refractivity contribution is 7.12. The molecule has 1 N–H and O–H groups in total. The summed E-state index contributed by atoms with van der Waals surface area (Å²) in [6.07, 6.45) is 0.489. The topological polar surface area (TPSA) is 76.1 Å². The lowest BCUT2D eigenvalue weighted by molar-refractivity contribution is -0.138. The average Bonchev–Trinajstić information content (AvgIpc) is 3.14. The van der Waals surface area contributed by atoms with Crippen LogP contribution in [0, 0.1) is 0 Å². The van der Waals surface area contributed by atoms with Crippen molar-refractivity contribution < 1.29 is 24.2 Å². The fourth-order valence-electron chi connectivity index (χ4n) is 3.20. The Balaban J connectivity index is 2.04. The Morgan fingerprint density at radius 2 is 2.00 bits per heavy atom. The molecule has 1 unspecified atom stereocenters. The van der Waals surface area contributed by atoms with Crippen molar-refractivity contribution in [3.8, 4) is 11.5 Å². The van der Waals surface area contributed by atoms with Crippen molar-refractivity contribution >= 4 is 23.2 Å². The third kappa shape index (κ3) is 3.32. The first kappa shape index (κ1) is 17.3. The maximum atomic E-state index is 12.8. The summed E-state index contributed by atoms with van der Waals surface area (Å²) in [6.45, 7) is 0.469. The van der Waals surface area contributed by atoms with Gasteiger partial charge in [0.1, 0.15) is 0 Å². The summed E-state index contributed by atoms with van der Waals surface area (Å²) in [5, 5.41) is 11.2. The highest BCUT2D eigenvalue weighted by atomic mass is 32.1. The molecule has 0 fully saturated rings. The zero-order chi connectivity index (χ0) is 18.0. The van der Waals surface area contributed by atoms with Crippen molar-refractivity contribution in [3.63, 3.8) is 0 Å². The van der Waals surface area contributed by atoms with Crippen LogP contribution in [0.2, 0.25) is 0 Å². The van der Waals surface area contributed by atoms with Gasteiger partial charge in [0.2, 0.25) is 0 Å². The van der Waals surface area contributed by atoms with E-state index in [1.165, 1.54) is 18.4 Å². The quantitative estimate of drug-likeness (QED) is 0.886. The Hall–Kier alpha value is -2.54. The van der Waals surface area contributed by atoms with Crippen molar-refractivity contribution in [1.29, 1.82) is 0 Å². The molecule has 2 heterocycles. The highest BCUT2D eigenvalue weighted by Gasteiger charge is 2.34. The van der Waals surface area contributed by atoms with Crippen LogP contribution in [0.5, 0.6) is 11.5 Å². The second-order valence-corrected chi connectivity index (χ2v) is 6.69. The summed E-state index contributed by atoms with van der Waals surface area (Å²) in [4.78, 5) is 26.5. The summed E-state index contributed by atoms with van der Waals surface area (Å²) < 4.78 is 10.7. The Labute approximate surface area is 149 Å². The number of aliphatic carboxylic acids is 1. The highest BCUT2D eigenvalue weighted by Crippen LogP contribution is 2.40. The number of benzene rings is 1. The Bertz CT molecular complexity index is 787. The number of rotatable bonds is 5. The van der Waals surface area contributed by atoms with Crippen molar-refractivity contribution in [1.82, 2.24) is 4.90 Å². The third-order valence-corrected chi connectivity index (χ3v) is 5.22. The van der Waals surface area contributed by atoms with E-state index in [1.54, 1.807) is 24.1 Å². The molecule has 6 nitrogen and oxygen atoms in total. The standard InChI is InChI=1S/C18H19NO5S/c1-23-14-8-11-5-6-19(18(22)16-4-3-7-25-16)13(10-17(20)21)12(11)9-15(14)24-2/h3-4,7-9,13H,5-6,10H2,1-2H3,(H,20,21). The molecular weight excluding hydrogens is 342 g/mol. The van der Waals surface area contributed by atoms with Crippen LogP contribution in [0.1, 0.15) is 33.3 Å².